The van der Waals surface area contributed by atoms with Gasteiger partial charge in [-0.15, -0.1) is 0 Å². The molecular formula is C18H28N2O. The second kappa shape index (κ2) is 7.08. The molecule has 3 nitrogen and oxygen atoms in total. The molecule has 1 aromatic rings. The van der Waals surface area contributed by atoms with Gasteiger partial charge in [0.25, 0.3) is 0 Å². The Kier molecular flexibility index (Phi) is 5.40. The summed E-state index contributed by atoms with van der Waals surface area (Å²) in [6, 6.07) is 11.4. The number of carbonyl (C=O) groups excluding carboxylic acids is 1. The molecule has 0 bridgehead atoms. The smallest absolute Gasteiger partial charge is 0.225 e. The highest BCUT2D eigenvalue weighted by molar-refractivity contribution is 5.78. The van der Waals surface area contributed by atoms with Gasteiger partial charge < -0.3 is 10.2 Å². The summed E-state index contributed by atoms with van der Waals surface area (Å²) in [4.78, 5) is 14.1. The number of hydrogen-bond acceptors (Lipinski definition) is 2. The van der Waals surface area contributed by atoms with E-state index in [0.29, 0.717) is 18.0 Å². The van der Waals surface area contributed by atoms with Crippen LogP contribution in [0.3, 0.4) is 0 Å². The molecule has 1 amide bonds. The van der Waals surface area contributed by atoms with Gasteiger partial charge in [0.1, 0.15) is 0 Å². The number of benzene rings is 1. The van der Waals surface area contributed by atoms with E-state index in [9.17, 15) is 4.79 Å². The Morgan fingerprint density at radius 2 is 1.90 bits per heavy atom. The molecule has 1 heterocycles. The summed E-state index contributed by atoms with van der Waals surface area (Å²) in [5.74, 6) is 0.883. The number of rotatable bonds is 4. The minimum atomic E-state index is 0.102. The van der Waals surface area contributed by atoms with Crippen LogP contribution in [0.15, 0.2) is 30.3 Å². The molecule has 21 heavy (non-hydrogen) atoms. The van der Waals surface area contributed by atoms with Crippen LogP contribution in [-0.4, -0.2) is 29.9 Å². The quantitative estimate of drug-likeness (QED) is 0.922. The molecule has 3 heteroatoms. The molecule has 1 aliphatic rings. The molecule has 116 valence electrons. The number of nitrogens with one attached hydrogen (secondary N) is 1. The maximum atomic E-state index is 12.1. The van der Waals surface area contributed by atoms with Crippen LogP contribution in [0.4, 0.5) is 0 Å². The van der Waals surface area contributed by atoms with Crippen molar-refractivity contribution in [2.45, 2.75) is 46.2 Å². The molecule has 0 spiro atoms. The molecule has 0 saturated carbocycles. The first-order chi connectivity index (χ1) is 9.99. The van der Waals surface area contributed by atoms with Crippen molar-refractivity contribution in [1.82, 2.24) is 10.2 Å². The lowest BCUT2D eigenvalue weighted by Gasteiger charge is -2.39. The zero-order valence-corrected chi connectivity index (χ0v) is 13.7. The molecule has 1 aromatic carbocycles. The van der Waals surface area contributed by atoms with Gasteiger partial charge >= 0.3 is 0 Å². The van der Waals surface area contributed by atoms with Gasteiger partial charge in [-0.25, -0.2) is 0 Å². The van der Waals surface area contributed by atoms with Crippen LogP contribution in [0.5, 0.6) is 0 Å². The summed E-state index contributed by atoms with van der Waals surface area (Å²) in [6.45, 7) is 10.2. The molecule has 3 atom stereocenters. The Morgan fingerprint density at radius 1 is 1.24 bits per heavy atom. The molecule has 0 radical (unpaired) electrons. The third-order valence-electron chi connectivity index (χ3n) is 4.47. The Morgan fingerprint density at radius 3 is 2.48 bits per heavy atom. The Bertz CT molecular complexity index is 458. The maximum absolute atomic E-state index is 12.1. The van der Waals surface area contributed by atoms with Crippen molar-refractivity contribution in [2.75, 3.05) is 13.1 Å². The summed E-state index contributed by atoms with van der Waals surface area (Å²) in [5.41, 5.74) is 1.32. The lowest BCUT2D eigenvalue weighted by atomic mass is 9.91. The summed E-state index contributed by atoms with van der Waals surface area (Å²) in [7, 11) is 0. The Balaban J connectivity index is 1.91. The maximum Gasteiger partial charge on any atom is 0.225 e. The third-order valence-corrected chi connectivity index (χ3v) is 4.47. The molecule has 1 N–H and O–H groups in total. The van der Waals surface area contributed by atoms with E-state index < -0.39 is 0 Å². The van der Waals surface area contributed by atoms with Crippen molar-refractivity contribution >= 4 is 5.91 Å². The summed E-state index contributed by atoms with van der Waals surface area (Å²) >= 11 is 0. The van der Waals surface area contributed by atoms with Crippen molar-refractivity contribution in [2.24, 2.45) is 11.8 Å². The van der Waals surface area contributed by atoms with Gasteiger partial charge in [0.05, 0.1) is 0 Å². The normalized spacial score (nSPS) is 24.1. The van der Waals surface area contributed by atoms with E-state index in [4.69, 9.17) is 0 Å². The molecule has 0 aliphatic carbocycles. The van der Waals surface area contributed by atoms with E-state index in [1.807, 2.05) is 18.7 Å². The van der Waals surface area contributed by atoms with Gasteiger partial charge in [0, 0.05) is 31.1 Å². The Labute approximate surface area is 128 Å². The zero-order chi connectivity index (χ0) is 15.4. The fourth-order valence-electron chi connectivity index (χ4n) is 3.12. The molecular weight excluding hydrogens is 260 g/mol. The van der Waals surface area contributed by atoms with Crippen molar-refractivity contribution in [3.05, 3.63) is 35.9 Å². The first-order valence-corrected chi connectivity index (χ1v) is 8.08. The van der Waals surface area contributed by atoms with Crippen LogP contribution in [0, 0.1) is 11.8 Å². The average Bonchev–Trinajstić information content (AvgIpc) is 2.49. The minimum absolute atomic E-state index is 0.102. The van der Waals surface area contributed by atoms with E-state index in [-0.39, 0.29) is 11.8 Å². The summed E-state index contributed by atoms with van der Waals surface area (Å²) in [6.07, 6.45) is 1.04. The van der Waals surface area contributed by atoms with Crippen LogP contribution >= 0.6 is 0 Å². The van der Waals surface area contributed by atoms with Crippen molar-refractivity contribution < 1.29 is 4.79 Å². The SMILES string of the molecule is CC(C)C(=O)N1CC[C@H](N[C@H](C)c2ccccc2)[C@H](C)C1. The standard InChI is InChI=1S/C18H28N2O/c1-13(2)18(21)20-11-10-17(14(3)12-20)19-15(4)16-8-6-5-7-9-16/h5-9,13-15,17,19H,10-12H2,1-4H3/t14-,15-,17+/m1/s1. The average molecular weight is 288 g/mol. The highest BCUT2D eigenvalue weighted by atomic mass is 16.2. The largest absolute Gasteiger partial charge is 0.342 e. The van der Waals surface area contributed by atoms with Crippen LogP contribution in [0.1, 0.15) is 45.7 Å². The minimum Gasteiger partial charge on any atom is -0.342 e. The first-order valence-electron chi connectivity index (χ1n) is 8.08. The van der Waals surface area contributed by atoms with Crippen molar-refractivity contribution in [3.8, 4) is 0 Å². The number of nitrogens with zero attached hydrogens (tertiary/aromatic N) is 1. The molecule has 1 fully saturated rings. The van der Waals surface area contributed by atoms with Gasteiger partial charge in [0.2, 0.25) is 5.91 Å². The third kappa shape index (κ3) is 4.07. The number of likely N-dealkylation sites (tertiary alicyclic amines) is 1. The second-order valence-electron chi connectivity index (χ2n) is 6.61. The van der Waals surface area contributed by atoms with Gasteiger partial charge in [0.15, 0.2) is 0 Å². The van der Waals surface area contributed by atoms with Gasteiger partial charge in [-0.1, -0.05) is 51.1 Å². The van der Waals surface area contributed by atoms with Gasteiger partial charge in [-0.3, -0.25) is 4.79 Å². The topological polar surface area (TPSA) is 32.3 Å². The van der Waals surface area contributed by atoms with E-state index in [1.165, 1.54) is 5.56 Å². The van der Waals surface area contributed by atoms with E-state index in [0.717, 1.165) is 19.5 Å². The van der Waals surface area contributed by atoms with Crippen LogP contribution in [0.2, 0.25) is 0 Å². The highest BCUT2D eigenvalue weighted by Crippen LogP contribution is 2.22. The Hall–Kier alpha value is -1.35. The molecule has 2 rings (SSSR count). The fraction of sp³-hybridized carbons (Fsp3) is 0.611. The number of amides is 1. The summed E-state index contributed by atoms with van der Waals surface area (Å²) in [5, 5.41) is 3.74. The summed E-state index contributed by atoms with van der Waals surface area (Å²) < 4.78 is 0. The molecule has 1 aliphatic heterocycles. The molecule has 1 saturated heterocycles. The number of carbonyl (C=O) groups is 1. The first kappa shape index (κ1) is 16.0. The van der Waals surface area contributed by atoms with Crippen LogP contribution < -0.4 is 5.32 Å². The van der Waals surface area contributed by atoms with Crippen molar-refractivity contribution in [1.29, 1.82) is 0 Å². The second-order valence-corrected chi connectivity index (χ2v) is 6.61. The van der Waals surface area contributed by atoms with E-state index >= 15 is 0 Å². The zero-order valence-electron chi connectivity index (χ0n) is 13.7. The predicted octanol–water partition coefficient (Wildman–Crippen LogP) is 3.23. The van der Waals surface area contributed by atoms with Gasteiger partial charge in [-0.2, -0.15) is 0 Å². The molecule has 0 aromatic heterocycles. The highest BCUT2D eigenvalue weighted by Gasteiger charge is 2.30. The van der Waals surface area contributed by atoms with Gasteiger partial charge in [-0.05, 0) is 24.8 Å². The monoisotopic (exact) mass is 288 g/mol. The predicted molar refractivity (Wildman–Crippen MR) is 87.0 cm³/mol. The number of piperidine rings is 1. The van der Waals surface area contributed by atoms with Crippen molar-refractivity contribution in [3.63, 3.8) is 0 Å². The lowest BCUT2D eigenvalue weighted by molar-refractivity contribution is -0.136. The van der Waals surface area contributed by atoms with E-state index in [2.05, 4.69) is 49.5 Å². The van der Waals surface area contributed by atoms with Crippen LogP contribution in [0.25, 0.3) is 0 Å². The number of hydrogen-bond donors (Lipinski definition) is 1. The lowest BCUT2D eigenvalue weighted by Crippen LogP contribution is -2.51. The molecule has 0 unspecified atom stereocenters. The van der Waals surface area contributed by atoms with Crippen LogP contribution in [-0.2, 0) is 4.79 Å². The van der Waals surface area contributed by atoms with E-state index in [1.54, 1.807) is 0 Å². The fourth-order valence-corrected chi connectivity index (χ4v) is 3.12.